The lowest BCUT2D eigenvalue weighted by molar-refractivity contribution is -0.156. The molecule has 2 aromatic heterocycles. The summed E-state index contributed by atoms with van der Waals surface area (Å²) in [4.78, 5) is 66.7. The second-order valence-corrected chi connectivity index (χ2v) is 22.9. The molecule has 2 saturated carbocycles. The molecule has 1 aliphatic heterocycles. The van der Waals surface area contributed by atoms with Gasteiger partial charge in [-0.05, 0) is 75.3 Å². The Hall–Kier alpha value is -4.53. The number of Topliss-reactive ketones (excluding diaryl/α,β-unsaturated/α-hetero) is 1. The molecule has 1 amide bonds. The third-order valence-corrected chi connectivity index (χ3v) is 16.0. The molecule has 0 bridgehead atoms. The predicted molar refractivity (Wildman–Crippen MR) is 246 cm³/mol. The molecule has 1 saturated heterocycles. The average molecular weight is 925 g/mol. The van der Waals surface area contributed by atoms with Crippen molar-refractivity contribution in [3.8, 4) is 22.9 Å². The SMILES string of the molecule is C=C[C@@H]1C[C@]1(CC(=O)[C@@H]1C[C@@H](Oc2cc(-c3csc(NC(C)C)n3)nc3cc(OC)ccc23)CN1C(=O)[C@@H](CC(=O)OC1CCCC1)C(C)(C)C)P(C)(=O)OCOC(=O)OCC(C)C. The van der Waals surface area contributed by atoms with Crippen molar-refractivity contribution in [1.82, 2.24) is 14.9 Å². The number of methoxy groups -OCH3 is 1. The van der Waals surface area contributed by atoms with Crippen molar-refractivity contribution < 1.29 is 52.0 Å². The third-order valence-electron chi connectivity index (χ3n) is 12.4. The van der Waals surface area contributed by atoms with E-state index in [1.54, 1.807) is 13.2 Å². The summed E-state index contributed by atoms with van der Waals surface area (Å²) >= 11 is 1.46. The standard InChI is InChI=1S/C47H65N4O11PS/c1-11-30-22-47(30,63(10,56)60-27-59-45(55)58-25-28(2)3)23-40(52)39-19-33(24-51(39)43(54)35(46(6,7)8)20-42(53)62-31-14-12-13-15-31)61-41-21-37(38-26-64-44(50-38)48-29(4)5)49-36-18-32(57-9)16-17-34(36)41/h11,16-18,21,26,28-31,33,35,39H,1,12-15,19-20,22-25,27H2,2-10H3,(H,48,50)/t30-,33-,35-,39+,47-,63?/m1/s1. The number of esters is 1. The quantitative estimate of drug-likeness (QED) is 0.0489. The molecule has 1 N–H and O–H groups in total. The van der Waals surface area contributed by atoms with Gasteiger partial charge in [-0.1, -0.05) is 40.7 Å². The molecule has 1 aromatic carbocycles. The molecular formula is C47H65N4O11PS. The largest absolute Gasteiger partial charge is 0.510 e. The number of carbonyl (C=O) groups excluding carboxylic acids is 4. The number of carbonyl (C=O) groups is 4. The molecule has 3 aliphatic rings. The van der Waals surface area contributed by atoms with Crippen molar-refractivity contribution >= 4 is 58.6 Å². The Balaban J connectivity index is 1.31. The Bertz CT molecular complexity index is 2230. The monoisotopic (exact) mass is 924 g/mol. The highest BCUT2D eigenvalue weighted by atomic mass is 32.1. The lowest BCUT2D eigenvalue weighted by Crippen LogP contribution is -2.48. The Morgan fingerprint density at radius 1 is 1.05 bits per heavy atom. The zero-order valence-electron chi connectivity index (χ0n) is 38.7. The lowest BCUT2D eigenvalue weighted by Gasteiger charge is -2.35. The summed E-state index contributed by atoms with van der Waals surface area (Å²) in [5.74, 6) is -1.11. The highest BCUT2D eigenvalue weighted by Gasteiger charge is 2.65. The molecule has 2 aliphatic carbocycles. The van der Waals surface area contributed by atoms with Gasteiger partial charge in [-0.15, -0.1) is 17.9 Å². The number of amides is 1. The van der Waals surface area contributed by atoms with E-state index in [2.05, 4.69) is 11.9 Å². The van der Waals surface area contributed by atoms with E-state index in [-0.39, 0.29) is 68.1 Å². The summed E-state index contributed by atoms with van der Waals surface area (Å²) in [7, 11) is -2.08. The van der Waals surface area contributed by atoms with Gasteiger partial charge in [0.15, 0.2) is 10.9 Å². The van der Waals surface area contributed by atoms with E-state index in [1.165, 1.54) is 22.9 Å². The van der Waals surface area contributed by atoms with E-state index < -0.39 is 54.9 Å². The van der Waals surface area contributed by atoms with E-state index >= 15 is 0 Å². The zero-order chi connectivity index (χ0) is 46.6. The van der Waals surface area contributed by atoms with Gasteiger partial charge in [-0.3, -0.25) is 23.5 Å². The number of nitrogens with zero attached hydrogens (tertiary/aromatic N) is 3. The van der Waals surface area contributed by atoms with Gasteiger partial charge in [0.05, 0.1) is 55.0 Å². The number of fused-ring (bicyclic) bond motifs is 1. The molecule has 1 unspecified atom stereocenters. The highest BCUT2D eigenvalue weighted by molar-refractivity contribution is 7.60. The minimum atomic E-state index is -3.66. The first kappa shape index (κ1) is 48.9. The highest BCUT2D eigenvalue weighted by Crippen LogP contribution is 2.73. The first-order valence-corrected chi connectivity index (χ1v) is 25.2. The first-order valence-electron chi connectivity index (χ1n) is 22.3. The van der Waals surface area contributed by atoms with E-state index in [0.717, 1.165) is 30.8 Å². The molecule has 0 spiro atoms. The van der Waals surface area contributed by atoms with Crippen molar-refractivity contribution in [2.45, 2.75) is 129 Å². The smallest absolute Gasteiger partial charge is 0.497 e. The van der Waals surface area contributed by atoms with E-state index in [0.29, 0.717) is 40.2 Å². The van der Waals surface area contributed by atoms with Crippen LogP contribution in [0.1, 0.15) is 99.8 Å². The first-order chi connectivity index (χ1) is 30.2. The van der Waals surface area contributed by atoms with Gasteiger partial charge in [0, 0.05) is 48.4 Å². The number of hydrogen-bond acceptors (Lipinski definition) is 15. The number of nitrogens with one attached hydrogen (secondary N) is 1. The normalized spacial score (nSPS) is 22.5. The summed E-state index contributed by atoms with van der Waals surface area (Å²) in [5, 5.41) is 5.56. The number of benzene rings is 1. The van der Waals surface area contributed by atoms with Crippen LogP contribution in [0.3, 0.4) is 0 Å². The van der Waals surface area contributed by atoms with Crippen molar-refractivity contribution in [1.29, 1.82) is 0 Å². The van der Waals surface area contributed by atoms with Crippen LogP contribution < -0.4 is 14.8 Å². The van der Waals surface area contributed by atoms with Gasteiger partial charge in [0.1, 0.15) is 29.4 Å². The molecule has 3 fully saturated rings. The Labute approximate surface area is 380 Å². The van der Waals surface area contributed by atoms with Crippen LogP contribution in [0.25, 0.3) is 22.3 Å². The van der Waals surface area contributed by atoms with Crippen molar-refractivity contribution in [2.75, 3.05) is 39.0 Å². The molecule has 0 radical (unpaired) electrons. The summed E-state index contributed by atoms with van der Waals surface area (Å²) in [6, 6.07) is 6.50. The summed E-state index contributed by atoms with van der Waals surface area (Å²) in [5.41, 5.74) is 1.14. The van der Waals surface area contributed by atoms with Crippen LogP contribution in [0.5, 0.6) is 11.5 Å². The van der Waals surface area contributed by atoms with Crippen molar-refractivity contribution in [2.24, 2.45) is 23.2 Å². The number of anilines is 1. The number of ketones is 1. The fourth-order valence-corrected chi connectivity index (χ4v) is 11.7. The van der Waals surface area contributed by atoms with Crippen LogP contribution >= 0.6 is 18.7 Å². The number of thiazole rings is 1. The molecule has 17 heteroatoms. The van der Waals surface area contributed by atoms with Crippen LogP contribution in [-0.2, 0) is 37.7 Å². The second kappa shape index (κ2) is 20.3. The molecule has 64 heavy (non-hydrogen) atoms. The third kappa shape index (κ3) is 11.6. The summed E-state index contributed by atoms with van der Waals surface area (Å²) in [6.45, 7) is 18.5. The number of ether oxygens (including phenoxy) is 5. The summed E-state index contributed by atoms with van der Waals surface area (Å²) in [6.07, 6.45) is 3.57. The van der Waals surface area contributed by atoms with Crippen LogP contribution in [-0.4, -0.2) is 102 Å². The molecule has 3 aromatic rings. The van der Waals surface area contributed by atoms with Crippen LogP contribution in [0.4, 0.5) is 9.93 Å². The second-order valence-electron chi connectivity index (χ2n) is 19.2. The number of rotatable bonds is 20. The lowest BCUT2D eigenvalue weighted by atomic mass is 9.77. The molecule has 15 nitrogen and oxygen atoms in total. The fourth-order valence-electron chi connectivity index (χ4n) is 8.66. The fraction of sp³-hybridized carbons (Fsp3) is 0.617. The van der Waals surface area contributed by atoms with E-state index in [9.17, 15) is 23.7 Å². The average Bonchev–Trinajstić information content (AvgIpc) is 3.62. The Kier molecular flexibility index (Phi) is 15.5. The Morgan fingerprint density at radius 3 is 2.42 bits per heavy atom. The van der Waals surface area contributed by atoms with Crippen LogP contribution in [0.15, 0.2) is 42.3 Å². The molecular weight excluding hydrogens is 860 g/mol. The van der Waals surface area contributed by atoms with Gasteiger partial charge in [0.25, 0.3) is 0 Å². The zero-order valence-corrected chi connectivity index (χ0v) is 40.4. The van der Waals surface area contributed by atoms with Gasteiger partial charge in [-0.2, -0.15) is 0 Å². The number of aromatic nitrogens is 2. The number of pyridine rings is 1. The number of allylic oxidation sites excluding steroid dienone is 1. The van der Waals surface area contributed by atoms with Crippen LogP contribution in [0, 0.1) is 23.2 Å². The molecule has 350 valence electrons. The van der Waals surface area contributed by atoms with Crippen LogP contribution in [0.2, 0.25) is 0 Å². The predicted octanol–water partition coefficient (Wildman–Crippen LogP) is 9.67. The summed E-state index contributed by atoms with van der Waals surface area (Å²) < 4.78 is 48.6. The van der Waals surface area contributed by atoms with E-state index in [4.69, 9.17) is 38.2 Å². The molecule has 6 rings (SSSR count). The number of hydrogen-bond donors (Lipinski definition) is 1. The molecule has 6 atom stereocenters. The van der Waals surface area contributed by atoms with E-state index in [1.807, 2.05) is 78.1 Å². The van der Waals surface area contributed by atoms with Gasteiger partial charge >= 0.3 is 12.1 Å². The van der Waals surface area contributed by atoms with Gasteiger partial charge in [-0.25, -0.2) is 14.8 Å². The van der Waals surface area contributed by atoms with Crippen molar-refractivity contribution in [3.63, 3.8) is 0 Å². The number of likely N-dealkylation sites (tertiary alicyclic amines) is 1. The molecule has 3 heterocycles. The minimum Gasteiger partial charge on any atom is -0.497 e. The topological polar surface area (TPSA) is 182 Å². The maximum absolute atomic E-state index is 15.0. The Morgan fingerprint density at radius 2 is 1.78 bits per heavy atom. The van der Waals surface area contributed by atoms with Gasteiger partial charge < -0.3 is 33.9 Å². The maximum atomic E-state index is 15.0. The maximum Gasteiger partial charge on any atom is 0.510 e. The van der Waals surface area contributed by atoms with Gasteiger partial charge in [0.2, 0.25) is 20.1 Å². The minimum absolute atomic E-state index is 0.0401. The van der Waals surface area contributed by atoms with Crippen molar-refractivity contribution in [3.05, 3.63) is 42.3 Å².